The molecule has 0 aliphatic rings. The van der Waals surface area contributed by atoms with Gasteiger partial charge in [0.15, 0.2) is 0 Å². The Morgan fingerprint density at radius 2 is 1.61 bits per heavy atom. The smallest absolute Gasteiger partial charge is 0.243 e. The van der Waals surface area contributed by atoms with Crippen LogP contribution in [0.4, 0.5) is 0 Å². The fourth-order valence-electron chi connectivity index (χ4n) is 3.09. The number of aryl methyl sites for hydroxylation is 1. The predicted octanol–water partition coefficient (Wildman–Crippen LogP) is 3.71. The Labute approximate surface area is 205 Å². The molecule has 0 aromatic heterocycles. The van der Waals surface area contributed by atoms with Crippen LogP contribution in [0.2, 0.25) is 0 Å². The van der Waals surface area contributed by atoms with Crippen molar-refractivity contribution in [2.75, 3.05) is 13.6 Å². The van der Waals surface area contributed by atoms with Crippen LogP contribution >= 0.6 is 15.9 Å². The zero-order valence-corrected chi connectivity index (χ0v) is 22.1. The van der Waals surface area contributed by atoms with E-state index in [4.69, 9.17) is 0 Å². The van der Waals surface area contributed by atoms with Gasteiger partial charge in [-0.3, -0.25) is 9.59 Å². The van der Waals surface area contributed by atoms with Crippen molar-refractivity contribution < 1.29 is 18.0 Å². The first-order chi connectivity index (χ1) is 15.4. The third kappa shape index (κ3) is 7.38. The van der Waals surface area contributed by atoms with Gasteiger partial charge in [-0.25, -0.2) is 8.42 Å². The van der Waals surface area contributed by atoms with E-state index in [9.17, 15) is 18.0 Å². The van der Waals surface area contributed by atoms with E-state index in [2.05, 4.69) is 21.2 Å². The number of sulfonamides is 1. The SMILES string of the molecule is CCC(C)NC(=O)C(C)N(Cc1ccc(Br)cc1)C(=O)CN(C)S(=O)(=O)c1ccc(C)cc1. The lowest BCUT2D eigenvalue weighted by Crippen LogP contribution is -2.51. The third-order valence-corrected chi connectivity index (χ3v) is 7.87. The Hall–Kier alpha value is -2.23. The van der Waals surface area contributed by atoms with E-state index in [0.717, 1.165) is 26.3 Å². The summed E-state index contributed by atoms with van der Waals surface area (Å²) in [6, 6.07) is 13.1. The number of carbonyl (C=O) groups excluding carboxylic acids is 2. The van der Waals surface area contributed by atoms with E-state index < -0.39 is 22.0 Å². The second-order valence-electron chi connectivity index (χ2n) is 8.22. The van der Waals surface area contributed by atoms with E-state index in [1.165, 1.54) is 24.1 Å². The second-order valence-corrected chi connectivity index (χ2v) is 11.2. The van der Waals surface area contributed by atoms with Crippen molar-refractivity contribution in [3.05, 3.63) is 64.1 Å². The standard InChI is InChI=1S/C24H32BrN3O4S/c1-6-18(3)26-24(30)19(4)28(15-20-9-11-21(25)12-10-20)23(29)16-27(5)33(31,32)22-13-7-17(2)8-14-22/h7-14,18-19H,6,15-16H2,1-5H3,(H,26,30). The molecule has 0 bridgehead atoms. The number of amides is 2. The Bertz CT molecular complexity index is 1060. The summed E-state index contributed by atoms with van der Waals surface area (Å²) < 4.78 is 27.8. The molecular formula is C24H32BrN3O4S. The molecule has 0 heterocycles. The number of nitrogens with zero attached hydrogens (tertiary/aromatic N) is 2. The largest absolute Gasteiger partial charge is 0.352 e. The average Bonchev–Trinajstić information content (AvgIpc) is 2.78. The molecule has 0 aliphatic heterocycles. The van der Waals surface area contributed by atoms with Crippen LogP contribution in [-0.4, -0.2) is 55.1 Å². The molecule has 2 atom stereocenters. The van der Waals surface area contributed by atoms with Crippen LogP contribution in [0, 0.1) is 6.92 Å². The van der Waals surface area contributed by atoms with Gasteiger partial charge >= 0.3 is 0 Å². The van der Waals surface area contributed by atoms with E-state index in [1.807, 2.05) is 45.0 Å². The predicted molar refractivity (Wildman–Crippen MR) is 133 cm³/mol. The van der Waals surface area contributed by atoms with Crippen molar-refractivity contribution in [1.29, 1.82) is 0 Å². The van der Waals surface area contributed by atoms with Gasteiger partial charge < -0.3 is 10.2 Å². The number of hydrogen-bond acceptors (Lipinski definition) is 4. The maximum atomic E-state index is 13.3. The molecule has 33 heavy (non-hydrogen) atoms. The summed E-state index contributed by atoms with van der Waals surface area (Å²) in [5.74, 6) is -0.734. The third-order valence-electron chi connectivity index (χ3n) is 5.52. The van der Waals surface area contributed by atoms with Crippen molar-refractivity contribution in [2.45, 2.75) is 57.6 Å². The Morgan fingerprint density at radius 1 is 1.03 bits per heavy atom. The molecule has 0 saturated heterocycles. The number of likely N-dealkylation sites (N-methyl/N-ethyl adjacent to an activating group) is 1. The van der Waals surface area contributed by atoms with Gasteiger partial charge in [-0.05, 0) is 57.0 Å². The monoisotopic (exact) mass is 537 g/mol. The van der Waals surface area contributed by atoms with Crippen molar-refractivity contribution in [1.82, 2.24) is 14.5 Å². The first kappa shape index (κ1) is 27.0. The van der Waals surface area contributed by atoms with Crippen molar-refractivity contribution >= 4 is 37.8 Å². The van der Waals surface area contributed by atoms with Gasteiger partial charge in [0, 0.05) is 24.1 Å². The quantitative estimate of drug-likeness (QED) is 0.500. The molecule has 2 unspecified atom stereocenters. The normalized spacial score (nSPS) is 13.4. The minimum atomic E-state index is -3.85. The Kier molecular flexibility index (Phi) is 9.63. The second kappa shape index (κ2) is 11.8. The molecule has 180 valence electrons. The lowest BCUT2D eigenvalue weighted by atomic mass is 10.1. The molecule has 0 aliphatic carbocycles. The van der Waals surface area contributed by atoms with E-state index in [0.29, 0.717) is 0 Å². The van der Waals surface area contributed by atoms with Gasteiger partial charge in [0.1, 0.15) is 6.04 Å². The van der Waals surface area contributed by atoms with Crippen LogP contribution < -0.4 is 5.32 Å². The number of rotatable bonds is 10. The molecule has 2 rings (SSSR count). The van der Waals surface area contributed by atoms with Crippen molar-refractivity contribution in [3.8, 4) is 0 Å². The van der Waals surface area contributed by atoms with Gasteiger partial charge in [-0.15, -0.1) is 0 Å². The topological polar surface area (TPSA) is 86.8 Å². The summed E-state index contributed by atoms with van der Waals surface area (Å²) in [6.07, 6.45) is 0.761. The van der Waals surface area contributed by atoms with Crippen molar-refractivity contribution in [3.63, 3.8) is 0 Å². The summed E-state index contributed by atoms with van der Waals surface area (Å²) in [5, 5.41) is 2.90. The first-order valence-electron chi connectivity index (χ1n) is 10.8. The summed E-state index contributed by atoms with van der Waals surface area (Å²) in [5.41, 5.74) is 1.77. The lowest BCUT2D eigenvalue weighted by Gasteiger charge is -2.31. The lowest BCUT2D eigenvalue weighted by molar-refractivity contribution is -0.140. The van der Waals surface area contributed by atoms with E-state index >= 15 is 0 Å². The number of nitrogens with one attached hydrogen (secondary N) is 1. The van der Waals surface area contributed by atoms with Gasteiger partial charge in [0.2, 0.25) is 21.8 Å². The summed E-state index contributed by atoms with van der Waals surface area (Å²) in [4.78, 5) is 27.6. The highest BCUT2D eigenvalue weighted by molar-refractivity contribution is 9.10. The molecule has 0 radical (unpaired) electrons. The number of halogens is 1. The summed E-state index contributed by atoms with van der Waals surface area (Å²) in [7, 11) is -2.48. The summed E-state index contributed by atoms with van der Waals surface area (Å²) in [6.45, 7) is 7.18. The highest BCUT2D eigenvalue weighted by Gasteiger charge is 2.30. The zero-order chi connectivity index (χ0) is 24.8. The van der Waals surface area contributed by atoms with Crippen LogP contribution in [0.1, 0.15) is 38.3 Å². The molecule has 1 N–H and O–H groups in total. The van der Waals surface area contributed by atoms with Gasteiger partial charge in [-0.1, -0.05) is 52.7 Å². The van der Waals surface area contributed by atoms with Crippen LogP contribution in [-0.2, 0) is 26.2 Å². The van der Waals surface area contributed by atoms with Crippen LogP contribution in [0.5, 0.6) is 0 Å². The molecule has 2 amide bonds. The molecule has 2 aromatic carbocycles. The molecule has 0 fully saturated rings. The van der Waals surface area contributed by atoms with Gasteiger partial charge in [-0.2, -0.15) is 4.31 Å². The fourth-order valence-corrected chi connectivity index (χ4v) is 4.48. The summed E-state index contributed by atoms with van der Waals surface area (Å²) >= 11 is 3.39. The molecule has 2 aromatic rings. The minimum Gasteiger partial charge on any atom is -0.352 e. The first-order valence-corrected chi connectivity index (χ1v) is 13.1. The molecule has 0 saturated carbocycles. The van der Waals surface area contributed by atoms with Crippen LogP contribution in [0.15, 0.2) is 57.9 Å². The number of benzene rings is 2. The molecular weight excluding hydrogens is 506 g/mol. The number of hydrogen-bond donors (Lipinski definition) is 1. The van der Waals surface area contributed by atoms with E-state index in [1.54, 1.807) is 19.1 Å². The molecule has 9 heteroatoms. The molecule has 7 nitrogen and oxygen atoms in total. The van der Waals surface area contributed by atoms with Crippen LogP contribution in [0.25, 0.3) is 0 Å². The van der Waals surface area contributed by atoms with E-state index in [-0.39, 0.29) is 29.9 Å². The minimum absolute atomic E-state index is 0.0332. The average molecular weight is 539 g/mol. The maximum Gasteiger partial charge on any atom is 0.243 e. The molecule has 0 spiro atoms. The maximum absolute atomic E-state index is 13.3. The highest BCUT2D eigenvalue weighted by atomic mass is 79.9. The number of carbonyl (C=O) groups is 2. The van der Waals surface area contributed by atoms with Crippen LogP contribution in [0.3, 0.4) is 0 Å². The highest BCUT2D eigenvalue weighted by Crippen LogP contribution is 2.18. The van der Waals surface area contributed by atoms with Crippen molar-refractivity contribution in [2.24, 2.45) is 0 Å². The van der Waals surface area contributed by atoms with Gasteiger partial charge in [0.05, 0.1) is 11.4 Å². The van der Waals surface area contributed by atoms with Gasteiger partial charge in [0.25, 0.3) is 0 Å². The Morgan fingerprint density at radius 3 is 2.15 bits per heavy atom. The fraction of sp³-hybridized carbons (Fsp3) is 0.417. The Balaban J connectivity index is 2.26. The zero-order valence-electron chi connectivity index (χ0n) is 19.7.